The van der Waals surface area contributed by atoms with E-state index < -0.39 is 26.3 Å². The molecule has 0 radical (unpaired) electrons. The topological polar surface area (TPSA) is 128 Å². The Morgan fingerprint density at radius 3 is 1.31 bits per heavy atom. The summed E-state index contributed by atoms with van der Waals surface area (Å²) < 4.78 is 58.4. The van der Waals surface area contributed by atoms with Gasteiger partial charge < -0.3 is 19.0 Å². The summed E-state index contributed by atoms with van der Waals surface area (Å²) in [5.41, 5.74) is 0.878. The van der Waals surface area contributed by atoms with Gasteiger partial charge in [0.1, 0.15) is 11.5 Å². The van der Waals surface area contributed by atoms with Crippen LogP contribution in [0.2, 0.25) is 0 Å². The zero-order valence-corrected chi connectivity index (χ0v) is 22.5. The van der Waals surface area contributed by atoms with Gasteiger partial charge in [0.05, 0.1) is 11.5 Å². The Balaban J connectivity index is 1.82. The lowest BCUT2D eigenvalue weighted by atomic mass is 10.2. The molecule has 0 saturated heterocycles. The Hall–Kier alpha value is -2.79. The predicted octanol–water partition coefficient (Wildman–Crippen LogP) is 5.91. The third-order valence-corrected chi connectivity index (χ3v) is 7.64. The summed E-state index contributed by atoms with van der Waals surface area (Å²) >= 11 is 0. The van der Waals surface area contributed by atoms with Gasteiger partial charge in [-0.25, -0.2) is 4.79 Å². The van der Waals surface area contributed by atoms with E-state index in [1.54, 1.807) is 0 Å². The number of hydrogen-bond acceptors (Lipinski definition) is 7. The molecule has 2 aromatic carbocycles. The molecule has 9 nitrogen and oxygen atoms in total. The van der Waals surface area contributed by atoms with E-state index in [0.29, 0.717) is 24.2 Å². The second-order valence-electron chi connectivity index (χ2n) is 8.44. The number of amides is 2. The number of unbranched alkanes of at least 4 members (excludes halogenated alkanes) is 6. The van der Waals surface area contributed by atoms with Crippen LogP contribution in [0.5, 0.6) is 11.5 Å². The number of rotatable bonds is 16. The van der Waals surface area contributed by atoms with Gasteiger partial charge in [-0.1, -0.05) is 52.4 Å². The molecule has 0 heterocycles. The summed E-state index contributed by atoms with van der Waals surface area (Å²) in [7, 11) is -7.32. The highest BCUT2D eigenvalue weighted by molar-refractivity contribution is 7.87. The molecule has 0 unspecified atom stereocenters. The molecule has 36 heavy (non-hydrogen) atoms. The van der Waals surface area contributed by atoms with Crippen molar-refractivity contribution in [1.29, 1.82) is 0 Å². The number of anilines is 2. The van der Waals surface area contributed by atoms with Gasteiger partial charge in [-0.05, 0) is 61.4 Å². The molecule has 2 rings (SSSR count). The van der Waals surface area contributed by atoms with Gasteiger partial charge in [0.2, 0.25) is 0 Å². The summed E-state index contributed by atoms with van der Waals surface area (Å²) in [4.78, 5) is 12.3. The average Bonchev–Trinajstić information content (AvgIpc) is 2.82. The van der Waals surface area contributed by atoms with Gasteiger partial charge in [0.25, 0.3) is 0 Å². The van der Waals surface area contributed by atoms with Crippen molar-refractivity contribution in [2.45, 2.75) is 65.2 Å². The van der Waals surface area contributed by atoms with Crippen molar-refractivity contribution in [3.63, 3.8) is 0 Å². The van der Waals surface area contributed by atoms with Crippen molar-refractivity contribution in [3.05, 3.63) is 48.5 Å². The van der Waals surface area contributed by atoms with E-state index in [-0.39, 0.29) is 23.0 Å². The van der Waals surface area contributed by atoms with Gasteiger partial charge in [-0.15, -0.1) is 0 Å². The van der Waals surface area contributed by atoms with Gasteiger partial charge in [-0.2, -0.15) is 16.8 Å². The van der Waals surface area contributed by atoms with E-state index in [1.165, 1.54) is 48.5 Å². The molecule has 11 heteroatoms. The summed E-state index contributed by atoms with van der Waals surface area (Å²) in [6, 6.07) is 11.5. The molecule has 0 aliphatic carbocycles. The fourth-order valence-corrected chi connectivity index (χ4v) is 5.36. The van der Waals surface area contributed by atoms with Crippen LogP contribution in [0.3, 0.4) is 0 Å². The Kier molecular flexibility index (Phi) is 12.0. The van der Waals surface area contributed by atoms with Crippen LogP contribution < -0.4 is 19.0 Å². The standard InChI is InChI=1S/C25H36N2O7S2/c1-3-5-7-9-19-35(29,30)33-23-15-11-21(12-16-23)26-25(28)27-22-13-17-24(18-14-22)34-36(31,32)20-10-8-6-4-2/h11-18H,3-10,19-20H2,1-2H3,(H2,26,27,28). The third-order valence-electron chi connectivity index (χ3n) is 5.17. The Morgan fingerprint density at radius 1 is 0.611 bits per heavy atom. The number of benzene rings is 2. The molecule has 2 aromatic rings. The number of hydrogen-bond donors (Lipinski definition) is 2. The van der Waals surface area contributed by atoms with E-state index in [0.717, 1.165) is 38.5 Å². The molecule has 0 atom stereocenters. The van der Waals surface area contributed by atoms with Crippen LogP contribution in [0.1, 0.15) is 65.2 Å². The number of carbonyl (C=O) groups is 1. The van der Waals surface area contributed by atoms with Gasteiger partial charge in [0.15, 0.2) is 0 Å². The zero-order valence-electron chi connectivity index (χ0n) is 20.9. The maximum absolute atomic E-state index is 12.3. The first-order chi connectivity index (χ1) is 17.1. The van der Waals surface area contributed by atoms with E-state index in [1.807, 2.05) is 0 Å². The molecule has 0 fully saturated rings. The fourth-order valence-electron chi connectivity index (χ4n) is 3.27. The van der Waals surface area contributed by atoms with Crippen LogP contribution in [-0.2, 0) is 20.2 Å². The minimum absolute atomic E-state index is 0.0376. The van der Waals surface area contributed by atoms with E-state index in [2.05, 4.69) is 24.5 Å². The van der Waals surface area contributed by atoms with E-state index in [9.17, 15) is 21.6 Å². The highest BCUT2D eigenvalue weighted by atomic mass is 32.2. The van der Waals surface area contributed by atoms with Crippen LogP contribution in [-0.4, -0.2) is 34.4 Å². The lowest BCUT2D eigenvalue weighted by Crippen LogP contribution is -2.19. The smallest absolute Gasteiger partial charge is 0.323 e. The highest BCUT2D eigenvalue weighted by Gasteiger charge is 2.14. The average molecular weight is 541 g/mol. The molecule has 0 aliphatic heterocycles. The lowest BCUT2D eigenvalue weighted by Gasteiger charge is -2.10. The van der Waals surface area contributed by atoms with Crippen LogP contribution in [0.15, 0.2) is 48.5 Å². The van der Waals surface area contributed by atoms with Crippen LogP contribution in [0.4, 0.5) is 16.2 Å². The van der Waals surface area contributed by atoms with Crippen molar-refractivity contribution in [2.24, 2.45) is 0 Å². The van der Waals surface area contributed by atoms with Crippen molar-refractivity contribution < 1.29 is 30.0 Å². The first kappa shape index (κ1) is 29.4. The molecule has 200 valence electrons. The third kappa shape index (κ3) is 11.8. The molecular weight excluding hydrogens is 504 g/mol. The van der Waals surface area contributed by atoms with Crippen molar-refractivity contribution in [3.8, 4) is 11.5 Å². The maximum Gasteiger partial charge on any atom is 0.323 e. The fraction of sp³-hybridized carbons (Fsp3) is 0.480. The van der Waals surface area contributed by atoms with Crippen molar-refractivity contribution in [1.82, 2.24) is 0 Å². The van der Waals surface area contributed by atoms with Gasteiger partial charge in [0, 0.05) is 11.4 Å². The second kappa shape index (κ2) is 14.7. The number of carbonyl (C=O) groups excluding carboxylic acids is 1. The van der Waals surface area contributed by atoms with E-state index in [4.69, 9.17) is 8.37 Å². The SMILES string of the molecule is CCCCCCS(=O)(=O)Oc1ccc(NC(=O)Nc2ccc(OS(=O)(=O)CCCCCC)cc2)cc1. The Bertz CT molecular complexity index is 1060. The molecule has 0 saturated carbocycles. The second-order valence-corrected chi connectivity index (χ2v) is 11.8. The van der Waals surface area contributed by atoms with Crippen LogP contribution in [0.25, 0.3) is 0 Å². The zero-order chi connectivity index (χ0) is 26.4. The quantitative estimate of drug-likeness (QED) is 0.200. The molecule has 0 spiro atoms. The van der Waals surface area contributed by atoms with Crippen molar-refractivity contribution >= 4 is 37.6 Å². The van der Waals surface area contributed by atoms with E-state index >= 15 is 0 Å². The normalized spacial score (nSPS) is 11.6. The minimum Gasteiger partial charge on any atom is -0.382 e. The first-order valence-corrected chi connectivity index (χ1v) is 15.4. The van der Waals surface area contributed by atoms with Crippen LogP contribution in [0, 0.1) is 0 Å². The number of nitrogens with one attached hydrogen (secondary N) is 2. The molecular formula is C25H36N2O7S2. The first-order valence-electron chi connectivity index (χ1n) is 12.2. The van der Waals surface area contributed by atoms with Gasteiger partial charge in [-0.3, -0.25) is 0 Å². The highest BCUT2D eigenvalue weighted by Crippen LogP contribution is 2.20. The molecule has 2 amide bonds. The predicted molar refractivity (Wildman–Crippen MR) is 143 cm³/mol. The molecule has 0 aromatic heterocycles. The summed E-state index contributed by atoms with van der Waals surface area (Å²) in [5, 5.41) is 5.27. The lowest BCUT2D eigenvalue weighted by molar-refractivity contribution is 0.262. The van der Waals surface area contributed by atoms with Crippen LogP contribution >= 0.6 is 0 Å². The molecule has 0 aliphatic rings. The monoisotopic (exact) mass is 540 g/mol. The Labute approximate surface area is 214 Å². The maximum atomic E-state index is 12.3. The Morgan fingerprint density at radius 2 is 0.972 bits per heavy atom. The molecule has 0 bridgehead atoms. The van der Waals surface area contributed by atoms with Crippen molar-refractivity contribution in [2.75, 3.05) is 22.1 Å². The number of urea groups is 1. The summed E-state index contributed by atoms with van der Waals surface area (Å²) in [5.74, 6) is 0.272. The summed E-state index contributed by atoms with van der Waals surface area (Å²) in [6.45, 7) is 4.11. The minimum atomic E-state index is -3.66. The molecule has 2 N–H and O–H groups in total. The largest absolute Gasteiger partial charge is 0.382 e. The summed E-state index contributed by atoms with van der Waals surface area (Å²) in [6.07, 6.45) is 6.79. The van der Waals surface area contributed by atoms with Gasteiger partial charge >= 0.3 is 26.3 Å².